The van der Waals surface area contributed by atoms with Crippen LogP contribution in [0.2, 0.25) is 0 Å². The summed E-state index contributed by atoms with van der Waals surface area (Å²) in [6.45, 7) is 3.92. The molecule has 0 spiro atoms. The van der Waals surface area contributed by atoms with E-state index in [0.717, 1.165) is 17.0 Å². The third kappa shape index (κ3) is 4.78. The minimum absolute atomic E-state index is 0.111. The van der Waals surface area contributed by atoms with E-state index in [4.69, 9.17) is 9.47 Å². The van der Waals surface area contributed by atoms with Crippen LogP contribution in [0.1, 0.15) is 11.1 Å². The molecule has 1 heterocycles. The molecule has 0 radical (unpaired) electrons. The molecular formula is C21H24N2O4S. The van der Waals surface area contributed by atoms with Gasteiger partial charge in [-0.2, -0.15) is 0 Å². The van der Waals surface area contributed by atoms with E-state index in [0.29, 0.717) is 17.4 Å². The van der Waals surface area contributed by atoms with Gasteiger partial charge in [0.2, 0.25) is 5.91 Å². The molecule has 0 aliphatic carbocycles. The molecule has 0 saturated carbocycles. The van der Waals surface area contributed by atoms with E-state index < -0.39 is 6.04 Å². The number of benzene rings is 2. The molecule has 2 amide bonds. The summed E-state index contributed by atoms with van der Waals surface area (Å²) < 4.78 is 10.7. The van der Waals surface area contributed by atoms with Crippen molar-refractivity contribution in [3.63, 3.8) is 0 Å². The molecule has 148 valence electrons. The van der Waals surface area contributed by atoms with E-state index >= 15 is 0 Å². The van der Waals surface area contributed by atoms with Crippen molar-refractivity contribution < 1.29 is 19.1 Å². The van der Waals surface area contributed by atoms with Gasteiger partial charge < -0.3 is 19.7 Å². The fourth-order valence-electron chi connectivity index (χ4n) is 2.85. The number of thioether (sulfide) groups is 1. The summed E-state index contributed by atoms with van der Waals surface area (Å²) in [5.41, 5.74) is 3.02. The summed E-state index contributed by atoms with van der Waals surface area (Å²) in [7, 11) is 1.59. The van der Waals surface area contributed by atoms with Crippen molar-refractivity contribution in [1.82, 2.24) is 4.90 Å². The van der Waals surface area contributed by atoms with Gasteiger partial charge in [0.15, 0.2) is 6.61 Å². The number of carbonyl (C=O) groups is 2. The van der Waals surface area contributed by atoms with E-state index in [2.05, 4.69) is 5.32 Å². The lowest BCUT2D eigenvalue weighted by Crippen LogP contribution is -2.46. The quantitative estimate of drug-likeness (QED) is 0.806. The van der Waals surface area contributed by atoms with Gasteiger partial charge in [-0.3, -0.25) is 9.59 Å². The minimum Gasteiger partial charge on any atom is -0.497 e. The molecule has 28 heavy (non-hydrogen) atoms. The first kappa shape index (κ1) is 20.1. The molecule has 3 rings (SSSR count). The number of methoxy groups -OCH3 is 1. The first-order valence-corrected chi connectivity index (χ1v) is 10.2. The summed E-state index contributed by atoms with van der Waals surface area (Å²) in [5, 5.41) is 2.92. The number of amides is 2. The van der Waals surface area contributed by atoms with Crippen LogP contribution in [0.25, 0.3) is 0 Å². The smallest absolute Gasteiger partial charge is 0.261 e. The van der Waals surface area contributed by atoms with Crippen molar-refractivity contribution in [1.29, 1.82) is 0 Å². The van der Waals surface area contributed by atoms with Gasteiger partial charge in [0.05, 0.1) is 13.0 Å². The molecule has 0 bridgehead atoms. The summed E-state index contributed by atoms with van der Waals surface area (Å²) in [6.07, 6.45) is 0. The van der Waals surface area contributed by atoms with Gasteiger partial charge in [0.1, 0.15) is 17.5 Å². The fourth-order valence-corrected chi connectivity index (χ4v) is 4.03. The zero-order chi connectivity index (χ0) is 20.1. The normalized spacial score (nSPS) is 16.0. The molecule has 1 aliphatic rings. The Morgan fingerprint density at radius 2 is 1.82 bits per heavy atom. The van der Waals surface area contributed by atoms with Gasteiger partial charge in [-0.05, 0) is 61.4 Å². The predicted molar refractivity (Wildman–Crippen MR) is 111 cm³/mol. The highest BCUT2D eigenvalue weighted by molar-refractivity contribution is 7.99. The van der Waals surface area contributed by atoms with Gasteiger partial charge in [0, 0.05) is 11.4 Å². The van der Waals surface area contributed by atoms with Crippen LogP contribution < -0.4 is 14.8 Å². The number of hydrogen-bond donors (Lipinski definition) is 1. The maximum absolute atomic E-state index is 12.7. The van der Waals surface area contributed by atoms with Crippen LogP contribution in [-0.2, 0) is 9.59 Å². The molecule has 0 aromatic heterocycles. The molecule has 7 heteroatoms. The summed E-state index contributed by atoms with van der Waals surface area (Å²) >= 11 is 1.56. The highest BCUT2D eigenvalue weighted by Crippen LogP contribution is 2.24. The molecule has 1 atom stereocenters. The van der Waals surface area contributed by atoms with E-state index in [1.165, 1.54) is 5.56 Å². The lowest BCUT2D eigenvalue weighted by atomic mass is 10.1. The Morgan fingerprint density at radius 3 is 2.50 bits per heavy atom. The topological polar surface area (TPSA) is 67.9 Å². The average Bonchev–Trinajstić information content (AvgIpc) is 3.19. The number of carbonyl (C=O) groups excluding carboxylic acids is 2. The fraction of sp³-hybridized carbons (Fsp3) is 0.333. The lowest BCUT2D eigenvalue weighted by molar-refractivity contribution is -0.137. The SMILES string of the molecule is COc1ccc(OCC(=O)N2CSCC2C(=O)Nc2ccc(C)c(C)c2)cc1. The average molecular weight is 401 g/mol. The van der Waals surface area contributed by atoms with Gasteiger partial charge in [-0.1, -0.05) is 6.07 Å². The van der Waals surface area contributed by atoms with Crippen molar-refractivity contribution in [3.05, 3.63) is 53.6 Å². The number of nitrogens with zero attached hydrogens (tertiary/aromatic N) is 1. The molecule has 6 nitrogen and oxygen atoms in total. The maximum atomic E-state index is 12.7. The summed E-state index contributed by atoms with van der Waals surface area (Å²) in [4.78, 5) is 26.9. The zero-order valence-corrected chi connectivity index (χ0v) is 17.0. The van der Waals surface area contributed by atoms with Crippen LogP contribution in [0.3, 0.4) is 0 Å². The second kappa shape index (κ2) is 9.01. The molecular weight excluding hydrogens is 376 g/mol. The van der Waals surface area contributed by atoms with Crippen molar-refractivity contribution in [2.75, 3.05) is 30.7 Å². The highest BCUT2D eigenvalue weighted by atomic mass is 32.2. The third-order valence-corrected chi connectivity index (χ3v) is 5.71. The Hall–Kier alpha value is -2.67. The second-order valence-corrected chi connectivity index (χ2v) is 7.63. The summed E-state index contributed by atoms with van der Waals surface area (Å²) in [5.74, 6) is 1.97. The van der Waals surface area contributed by atoms with Crippen LogP contribution in [0.15, 0.2) is 42.5 Å². The van der Waals surface area contributed by atoms with Gasteiger partial charge in [0.25, 0.3) is 5.91 Å². The van der Waals surface area contributed by atoms with Gasteiger partial charge >= 0.3 is 0 Å². The van der Waals surface area contributed by atoms with Crippen LogP contribution >= 0.6 is 11.8 Å². The molecule has 2 aromatic rings. The Bertz CT molecular complexity index is 854. The summed E-state index contributed by atoms with van der Waals surface area (Å²) in [6, 6.07) is 12.3. The maximum Gasteiger partial charge on any atom is 0.261 e. The van der Waals surface area contributed by atoms with Crippen LogP contribution in [0.4, 0.5) is 5.69 Å². The monoisotopic (exact) mass is 400 g/mol. The number of anilines is 1. The van der Waals surface area contributed by atoms with Gasteiger partial charge in [-0.25, -0.2) is 0 Å². The molecule has 2 aromatic carbocycles. The largest absolute Gasteiger partial charge is 0.497 e. The molecule has 1 fully saturated rings. The van der Waals surface area contributed by atoms with Crippen LogP contribution in [0.5, 0.6) is 11.5 Å². The predicted octanol–water partition coefficient (Wildman–Crippen LogP) is 3.23. The van der Waals surface area contributed by atoms with Gasteiger partial charge in [-0.15, -0.1) is 11.8 Å². The van der Waals surface area contributed by atoms with Crippen molar-refractivity contribution in [2.45, 2.75) is 19.9 Å². The standard InChI is InChI=1S/C21H24N2O4S/c1-14-4-5-16(10-15(14)2)22-21(25)19-12-28-13-23(19)20(24)11-27-18-8-6-17(26-3)7-9-18/h4-10,19H,11-13H2,1-3H3,(H,22,25). The molecule has 1 N–H and O–H groups in total. The van der Waals surface area contributed by atoms with E-state index in [1.54, 1.807) is 48.0 Å². The van der Waals surface area contributed by atoms with E-state index in [-0.39, 0.29) is 18.4 Å². The third-order valence-electron chi connectivity index (χ3n) is 4.70. The Balaban J connectivity index is 1.58. The number of nitrogens with one attached hydrogen (secondary N) is 1. The second-order valence-electron chi connectivity index (χ2n) is 6.63. The lowest BCUT2D eigenvalue weighted by Gasteiger charge is -2.23. The molecule has 1 saturated heterocycles. The van der Waals surface area contributed by atoms with Crippen LogP contribution in [0, 0.1) is 13.8 Å². The van der Waals surface area contributed by atoms with E-state index in [9.17, 15) is 9.59 Å². The molecule has 1 aliphatic heterocycles. The number of aryl methyl sites for hydroxylation is 2. The minimum atomic E-state index is -0.501. The molecule has 1 unspecified atom stereocenters. The van der Waals surface area contributed by atoms with Crippen molar-refractivity contribution in [2.24, 2.45) is 0 Å². The number of rotatable bonds is 6. The first-order valence-electron chi connectivity index (χ1n) is 9.00. The highest BCUT2D eigenvalue weighted by Gasteiger charge is 2.34. The van der Waals surface area contributed by atoms with Crippen molar-refractivity contribution >= 4 is 29.3 Å². The number of hydrogen-bond acceptors (Lipinski definition) is 5. The van der Waals surface area contributed by atoms with E-state index in [1.807, 2.05) is 32.0 Å². The Morgan fingerprint density at radius 1 is 1.11 bits per heavy atom. The van der Waals surface area contributed by atoms with Crippen molar-refractivity contribution in [3.8, 4) is 11.5 Å². The Labute approximate surface area is 169 Å². The Kier molecular flexibility index (Phi) is 6.46. The number of ether oxygens (including phenoxy) is 2. The van der Waals surface area contributed by atoms with Crippen LogP contribution in [-0.4, -0.2) is 48.1 Å². The zero-order valence-electron chi connectivity index (χ0n) is 16.2. The first-order chi connectivity index (χ1) is 13.5.